The van der Waals surface area contributed by atoms with Crippen LogP contribution >= 0.6 is 0 Å². The molecule has 33 heavy (non-hydrogen) atoms. The summed E-state index contributed by atoms with van der Waals surface area (Å²) in [6, 6.07) is 21.4. The zero-order valence-electron chi connectivity index (χ0n) is 18.8. The van der Waals surface area contributed by atoms with E-state index in [2.05, 4.69) is 68.6 Å². The molecule has 0 saturated carbocycles. The van der Waals surface area contributed by atoms with Crippen LogP contribution in [0.3, 0.4) is 0 Å². The van der Waals surface area contributed by atoms with Gasteiger partial charge in [0.05, 0.1) is 11.8 Å². The first-order chi connectivity index (χ1) is 16.1. The van der Waals surface area contributed by atoms with Crippen LogP contribution in [0.1, 0.15) is 47.9 Å². The first-order valence-corrected chi connectivity index (χ1v) is 11.6. The molecule has 0 fully saturated rings. The third-order valence-electron chi connectivity index (χ3n) is 7.09. The Balaban J connectivity index is 1.52. The second-order valence-electron chi connectivity index (χ2n) is 9.06. The van der Waals surface area contributed by atoms with Crippen molar-refractivity contribution >= 4 is 33.4 Å². The van der Waals surface area contributed by atoms with E-state index in [-0.39, 0.29) is 6.04 Å². The van der Waals surface area contributed by atoms with E-state index in [1.807, 2.05) is 18.2 Å². The Bertz CT molecular complexity index is 1500. The molecule has 0 radical (unpaired) electrons. The van der Waals surface area contributed by atoms with Crippen molar-refractivity contribution in [3.63, 3.8) is 0 Å². The minimum absolute atomic E-state index is 0.119. The van der Waals surface area contributed by atoms with Crippen LogP contribution in [0.25, 0.3) is 21.9 Å². The zero-order chi connectivity index (χ0) is 22.5. The molecule has 2 aliphatic rings. The molecule has 0 N–H and O–H groups in total. The van der Waals surface area contributed by atoms with Gasteiger partial charge in [0.15, 0.2) is 0 Å². The van der Waals surface area contributed by atoms with Gasteiger partial charge in [0.2, 0.25) is 0 Å². The van der Waals surface area contributed by atoms with Gasteiger partial charge in [-0.3, -0.25) is 9.98 Å². The quantitative estimate of drug-likeness (QED) is 0.310. The number of para-hydroxylation sites is 1. The maximum Gasteiger partial charge on any atom is 0.144 e. The van der Waals surface area contributed by atoms with Gasteiger partial charge in [0.25, 0.3) is 0 Å². The lowest BCUT2D eigenvalue weighted by molar-refractivity contribution is 0.490. The van der Waals surface area contributed by atoms with Gasteiger partial charge in [-0.2, -0.15) is 0 Å². The monoisotopic (exact) mass is 430 g/mol. The topological polar surface area (TPSA) is 37.9 Å². The van der Waals surface area contributed by atoms with Crippen LogP contribution in [-0.4, -0.2) is 17.5 Å². The van der Waals surface area contributed by atoms with Gasteiger partial charge in [0.1, 0.15) is 11.2 Å². The van der Waals surface area contributed by atoms with Crippen LogP contribution in [0.5, 0.6) is 0 Å². The Kier molecular flexibility index (Phi) is 4.65. The number of furan rings is 1. The van der Waals surface area contributed by atoms with Crippen molar-refractivity contribution < 1.29 is 4.42 Å². The van der Waals surface area contributed by atoms with E-state index >= 15 is 0 Å². The van der Waals surface area contributed by atoms with E-state index in [4.69, 9.17) is 14.4 Å². The van der Waals surface area contributed by atoms with Crippen LogP contribution in [0, 0.1) is 0 Å². The number of hydrogen-bond donors (Lipinski definition) is 0. The molecule has 0 bridgehead atoms. The van der Waals surface area contributed by atoms with Gasteiger partial charge in [-0.05, 0) is 43.0 Å². The summed E-state index contributed by atoms with van der Waals surface area (Å²) < 4.78 is 6.37. The maximum absolute atomic E-state index is 6.37. The summed E-state index contributed by atoms with van der Waals surface area (Å²) in [6.07, 6.45) is 4.56. The second-order valence-corrected chi connectivity index (χ2v) is 9.06. The highest BCUT2D eigenvalue weighted by Crippen LogP contribution is 2.40. The summed E-state index contributed by atoms with van der Waals surface area (Å²) in [5.74, 6) is 0.314. The van der Waals surface area contributed by atoms with E-state index in [1.54, 1.807) is 0 Å². The van der Waals surface area contributed by atoms with Crippen LogP contribution < -0.4 is 0 Å². The fourth-order valence-electron chi connectivity index (χ4n) is 5.62. The molecule has 3 nitrogen and oxygen atoms in total. The molecule has 162 valence electrons. The average molecular weight is 431 g/mol. The van der Waals surface area contributed by atoms with E-state index < -0.39 is 0 Å². The molecule has 3 heteroatoms. The molecule has 2 atom stereocenters. The molecule has 3 heterocycles. The lowest BCUT2D eigenvalue weighted by atomic mass is 9.78. The summed E-state index contributed by atoms with van der Waals surface area (Å²) in [7, 11) is 0. The summed E-state index contributed by atoms with van der Waals surface area (Å²) in [4.78, 5) is 10.1. The molecule has 0 aliphatic carbocycles. The maximum atomic E-state index is 6.37. The van der Waals surface area contributed by atoms with Crippen molar-refractivity contribution in [2.24, 2.45) is 9.98 Å². The number of hydrogen-bond acceptors (Lipinski definition) is 3. The van der Waals surface area contributed by atoms with Crippen molar-refractivity contribution in [1.29, 1.82) is 0 Å². The van der Waals surface area contributed by atoms with Gasteiger partial charge >= 0.3 is 0 Å². The molecule has 0 amide bonds. The minimum Gasteiger partial charge on any atom is -0.455 e. The van der Waals surface area contributed by atoms with Crippen molar-refractivity contribution in [3.05, 3.63) is 108 Å². The van der Waals surface area contributed by atoms with Crippen molar-refractivity contribution in [2.45, 2.75) is 38.1 Å². The molecule has 0 spiro atoms. The van der Waals surface area contributed by atoms with E-state index in [0.29, 0.717) is 5.92 Å². The van der Waals surface area contributed by atoms with Gasteiger partial charge < -0.3 is 4.42 Å². The Morgan fingerprint density at radius 3 is 2.70 bits per heavy atom. The highest BCUT2D eigenvalue weighted by atomic mass is 16.3. The Morgan fingerprint density at radius 1 is 1.00 bits per heavy atom. The molecule has 0 saturated heterocycles. The molecule has 6 rings (SSSR count). The fourth-order valence-corrected chi connectivity index (χ4v) is 5.62. The third kappa shape index (κ3) is 3.19. The number of aliphatic imine (C=N–C) groups is 2. The van der Waals surface area contributed by atoms with Crippen molar-refractivity contribution in [2.75, 3.05) is 0 Å². The number of allylic oxidation sites excluding steroid dienone is 1. The Labute approximate surface area is 193 Å². The molecule has 3 aromatic carbocycles. The normalized spacial score (nSPS) is 20.5. The lowest BCUT2D eigenvalue weighted by Gasteiger charge is -2.32. The van der Waals surface area contributed by atoms with E-state index in [9.17, 15) is 0 Å². The van der Waals surface area contributed by atoms with Crippen LogP contribution in [0.2, 0.25) is 0 Å². The predicted octanol–water partition coefficient (Wildman–Crippen LogP) is 7.39. The molecular weight excluding hydrogens is 404 g/mol. The van der Waals surface area contributed by atoms with Gasteiger partial charge in [-0.1, -0.05) is 67.8 Å². The van der Waals surface area contributed by atoms with Gasteiger partial charge in [0, 0.05) is 45.6 Å². The lowest BCUT2D eigenvalue weighted by Crippen LogP contribution is -2.27. The van der Waals surface area contributed by atoms with E-state index in [1.165, 1.54) is 16.7 Å². The summed E-state index contributed by atoms with van der Waals surface area (Å²) in [5, 5.41) is 2.29. The molecular formula is C30H26N2O. The summed E-state index contributed by atoms with van der Waals surface area (Å²) in [5.41, 5.74) is 9.57. The summed E-state index contributed by atoms with van der Waals surface area (Å²) in [6.45, 7) is 10.4. The summed E-state index contributed by atoms with van der Waals surface area (Å²) >= 11 is 0. The SMILES string of the molecule is C=CC1=NC2CC(=C)N=C(C)c3c(ccc4c3oc3ccccc34)CCC2c2ccccc21. The first kappa shape index (κ1) is 19.9. The van der Waals surface area contributed by atoms with Crippen LogP contribution in [0.15, 0.2) is 100.0 Å². The van der Waals surface area contributed by atoms with Crippen LogP contribution in [0.4, 0.5) is 0 Å². The first-order valence-electron chi connectivity index (χ1n) is 11.6. The Hall–Kier alpha value is -3.72. The number of nitrogens with zero attached hydrogens (tertiary/aromatic N) is 2. The minimum atomic E-state index is 0.119. The molecule has 1 aromatic heterocycles. The Morgan fingerprint density at radius 2 is 1.82 bits per heavy atom. The fraction of sp³-hybridized carbons (Fsp3) is 0.200. The highest BCUT2D eigenvalue weighted by molar-refractivity contribution is 6.15. The average Bonchev–Trinajstić information content (AvgIpc) is 3.20. The molecule has 2 unspecified atom stereocenters. The zero-order valence-corrected chi connectivity index (χ0v) is 18.8. The predicted molar refractivity (Wildman–Crippen MR) is 138 cm³/mol. The van der Waals surface area contributed by atoms with Crippen LogP contribution in [-0.2, 0) is 6.42 Å². The van der Waals surface area contributed by atoms with E-state index in [0.717, 1.165) is 63.9 Å². The van der Waals surface area contributed by atoms with Gasteiger partial charge in [-0.25, -0.2) is 0 Å². The molecule has 4 aromatic rings. The number of aryl methyl sites for hydroxylation is 1. The smallest absolute Gasteiger partial charge is 0.144 e. The molecule has 2 aliphatic heterocycles. The number of rotatable bonds is 1. The number of benzene rings is 3. The standard InChI is InChI=1S/C30H26N2O/c1-4-26-22-10-6-5-9-21(22)23-15-13-20-14-16-25-24-11-7-8-12-28(24)33-30(25)29(20)19(3)31-18(2)17-27(23)32-26/h4-12,14,16,23,27H,1-2,13,15,17H2,3H3. The van der Waals surface area contributed by atoms with Gasteiger partial charge in [-0.15, -0.1) is 0 Å². The highest BCUT2D eigenvalue weighted by Gasteiger charge is 2.31. The second kappa shape index (κ2) is 7.70. The third-order valence-corrected chi connectivity index (χ3v) is 7.09. The number of fused-ring (bicyclic) bond motifs is 8. The van der Waals surface area contributed by atoms with Crippen molar-refractivity contribution in [3.8, 4) is 0 Å². The van der Waals surface area contributed by atoms with Crippen molar-refractivity contribution in [1.82, 2.24) is 0 Å². The largest absolute Gasteiger partial charge is 0.455 e.